The van der Waals surface area contributed by atoms with Crippen molar-refractivity contribution in [2.75, 3.05) is 11.9 Å². The van der Waals surface area contributed by atoms with Gasteiger partial charge in [0.25, 0.3) is 0 Å². The molecular weight excluding hydrogens is 373 g/mol. The van der Waals surface area contributed by atoms with Crippen molar-refractivity contribution in [3.8, 4) is 5.75 Å². The number of pyridine rings is 1. The fourth-order valence-electron chi connectivity index (χ4n) is 2.59. The molecule has 2 amide bonds. The van der Waals surface area contributed by atoms with E-state index < -0.39 is 5.82 Å². The lowest BCUT2D eigenvalue weighted by Crippen LogP contribution is -2.33. The number of ether oxygens (including phenoxy) is 1. The van der Waals surface area contributed by atoms with Crippen LogP contribution in [0.1, 0.15) is 11.1 Å². The summed E-state index contributed by atoms with van der Waals surface area (Å²) in [5.41, 5.74) is 2.03. The first kappa shape index (κ1) is 20.0. The van der Waals surface area contributed by atoms with Crippen LogP contribution in [0.2, 0.25) is 0 Å². The number of nitrogens with zero attached hydrogens (tertiary/aromatic N) is 1. The van der Waals surface area contributed by atoms with Crippen molar-refractivity contribution in [2.24, 2.45) is 0 Å². The van der Waals surface area contributed by atoms with Crippen LogP contribution in [0.25, 0.3) is 0 Å². The van der Waals surface area contributed by atoms with E-state index in [1.807, 2.05) is 12.1 Å². The Morgan fingerprint density at radius 2 is 1.79 bits per heavy atom. The maximum atomic E-state index is 13.1. The fourth-order valence-corrected chi connectivity index (χ4v) is 2.59. The summed E-state index contributed by atoms with van der Waals surface area (Å²) in [5, 5.41) is 5.22. The summed E-state index contributed by atoms with van der Waals surface area (Å²) < 4.78 is 18.8. The summed E-state index contributed by atoms with van der Waals surface area (Å²) in [6.45, 7) is 0.177. The molecule has 0 saturated heterocycles. The van der Waals surface area contributed by atoms with Crippen molar-refractivity contribution in [1.82, 2.24) is 10.3 Å². The van der Waals surface area contributed by atoms with Gasteiger partial charge in [-0.1, -0.05) is 24.3 Å². The third-order valence-electron chi connectivity index (χ3n) is 3.95. The minimum absolute atomic E-state index is 0.00269. The summed E-state index contributed by atoms with van der Waals surface area (Å²) in [4.78, 5) is 28.0. The Labute approximate surface area is 167 Å². The molecule has 0 aliphatic heterocycles. The number of carbonyl (C=O) groups excluding carboxylic acids is 2. The zero-order valence-electron chi connectivity index (χ0n) is 15.6. The molecule has 0 aliphatic carbocycles. The molecule has 2 aromatic carbocycles. The minimum Gasteiger partial charge on any atom is -0.489 e. The van der Waals surface area contributed by atoms with Gasteiger partial charge in [0, 0.05) is 29.7 Å². The molecule has 0 bridgehead atoms. The molecule has 0 fully saturated rings. The molecule has 0 radical (unpaired) electrons. The van der Waals surface area contributed by atoms with Crippen LogP contribution in [0.15, 0.2) is 73.1 Å². The second-order valence-corrected chi connectivity index (χ2v) is 6.31. The van der Waals surface area contributed by atoms with Gasteiger partial charge in [-0.3, -0.25) is 14.6 Å². The molecule has 0 spiro atoms. The topological polar surface area (TPSA) is 80.3 Å². The highest BCUT2D eigenvalue weighted by Crippen LogP contribution is 2.18. The maximum Gasteiger partial charge on any atom is 0.243 e. The first-order valence-corrected chi connectivity index (χ1v) is 9.01. The van der Waals surface area contributed by atoms with Crippen molar-refractivity contribution in [3.05, 3.63) is 90.0 Å². The zero-order chi connectivity index (χ0) is 20.5. The first-order chi connectivity index (χ1) is 14.1. The first-order valence-electron chi connectivity index (χ1n) is 9.01. The van der Waals surface area contributed by atoms with Crippen LogP contribution < -0.4 is 15.4 Å². The van der Waals surface area contributed by atoms with E-state index in [0.29, 0.717) is 23.6 Å². The van der Waals surface area contributed by atoms with Gasteiger partial charge < -0.3 is 15.4 Å². The molecule has 6 nitrogen and oxygen atoms in total. The molecule has 3 rings (SSSR count). The van der Waals surface area contributed by atoms with Gasteiger partial charge in [-0.2, -0.15) is 0 Å². The van der Waals surface area contributed by atoms with Crippen LogP contribution >= 0.6 is 0 Å². The van der Waals surface area contributed by atoms with E-state index in [9.17, 15) is 14.0 Å². The highest BCUT2D eigenvalue weighted by Gasteiger charge is 2.08. The number of rotatable bonds is 8. The number of anilines is 1. The van der Waals surface area contributed by atoms with Crippen molar-refractivity contribution in [1.29, 1.82) is 0 Å². The molecule has 0 aliphatic rings. The van der Waals surface area contributed by atoms with Gasteiger partial charge in [0.05, 0.1) is 13.0 Å². The third-order valence-corrected chi connectivity index (χ3v) is 3.95. The SMILES string of the molecule is O=C(Cc1cccc(F)c1)NCC(=O)Nc1cccc(OCc2cccnc2)c1. The number of carbonyl (C=O) groups is 2. The number of hydrogen-bond acceptors (Lipinski definition) is 4. The Bertz CT molecular complexity index is 980. The highest BCUT2D eigenvalue weighted by molar-refractivity contribution is 5.94. The lowest BCUT2D eigenvalue weighted by molar-refractivity contribution is -0.123. The smallest absolute Gasteiger partial charge is 0.243 e. The monoisotopic (exact) mass is 393 g/mol. The molecule has 0 atom stereocenters. The summed E-state index contributed by atoms with van der Waals surface area (Å²) in [7, 11) is 0. The number of benzene rings is 2. The van der Waals surface area contributed by atoms with E-state index >= 15 is 0 Å². The largest absolute Gasteiger partial charge is 0.489 e. The van der Waals surface area contributed by atoms with Gasteiger partial charge in [-0.25, -0.2) is 4.39 Å². The second kappa shape index (κ2) is 9.98. The molecule has 29 heavy (non-hydrogen) atoms. The third kappa shape index (κ3) is 6.73. The van der Waals surface area contributed by atoms with Crippen LogP contribution in [-0.2, 0) is 22.6 Å². The average Bonchev–Trinajstić information content (AvgIpc) is 2.72. The lowest BCUT2D eigenvalue weighted by atomic mass is 10.1. The number of nitrogens with one attached hydrogen (secondary N) is 2. The molecule has 1 aromatic heterocycles. The van der Waals surface area contributed by atoms with Crippen LogP contribution in [0.5, 0.6) is 5.75 Å². The predicted octanol–water partition coefficient (Wildman–Crippen LogP) is 3.10. The fraction of sp³-hybridized carbons (Fsp3) is 0.136. The summed E-state index contributed by atoms with van der Waals surface area (Å²) in [5.74, 6) is -0.540. The number of amides is 2. The van der Waals surface area contributed by atoms with Gasteiger partial charge in [-0.15, -0.1) is 0 Å². The van der Waals surface area contributed by atoms with Gasteiger partial charge in [0.1, 0.15) is 18.2 Å². The standard InChI is InChI=1S/C22H20FN3O3/c23-18-6-1-4-16(10-18)11-21(27)25-14-22(28)26-19-7-2-8-20(12-19)29-15-17-5-3-9-24-13-17/h1-10,12-13H,11,14-15H2,(H,25,27)(H,26,28). The quantitative estimate of drug-likeness (QED) is 0.616. The van der Waals surface area contributed by atoms with Gasteiger partial charge in [0.2, 0.25) is 11.8 Å². The Morgan fingerprint density at radius 3 is 2.59 bits per heavy atom. The van der Waals surface area contributed by atoms with Gasteiger partial charge in [-0.05, 0) is 35.9 Å². The zero-order valence-corrected chi connectivity index (χ0v) is 15.6. The highest BCUT2D eigenvalue weighted by atomic mass is 19.1. The molecule has 7 heteroatoms. The van der Waals surface area contributed by atoms with Crippen molar-refractivity contribution in [2.45, 2.75) is 13.0 Å². The summed E-state index contributed by atoms with van der Waals surface area (Å²) in [6.07, 6.45) is 3.41. The number of aromatic nitrogens is 1. The van der Waals surface area contributed by atoms with E-state index in [-0.39, 0.29) is 24.8 Å². The van der Waals surface area contributed by atoms with Crippen LogP contribution in [0.3, 0.4) is 0 Å². The summed E-state index contributed by atoms with van der Waals surface area (Å²) in [6, 6.07) is 16.5. The summed E-state index contributed by atoms with van der Waals surface area (Å²) >= 11 is 0. The minimum atomic E-state index is -0.404. The molecule has 148 valence electrons. The van der Waals surface area contributed by atoms with E-state index in [1.54, 1.807) is 42.7 Å². The second-order valence-electron chi connectivity index (χ2n) is 6.31. The Balaban J connectivity index is 1.45. The van der Waals surface area contributed by atoms with E-state index in [2.05, 4.69) is 15.6 Å². The normalized spacial score (nSPS) is 10.2. The molecule has 0 saturated carbocycles. The number of hydrogen-bond donors (Lipinski definition) is 2. The molecule has 2 N–H and O–H groups in total. The van der Waals surface area contributed by atoms with Crippen LogP contribution in [-0.4, -0.2) is 23.3 Å². The van der Waals surface area contributed by atoms with E-state index in [1.165, 1.54) is 18.2 Å². The van der Waals surface area contributed by atoms with E-state index in [0.717, 1.165) is 5.56 Å². The van der Waals surface area contributed by atoms with Crippen molar-refractivity contribution in [3.63, 3.8) is 0 Å². The number of halogens is 1. The maximum absolute atomic E-state index is 13.1. The van der Waals surface area contributed by atoms with Crippen LogP contribution in [0.4, 0.5) is 10.1 Å². The molecule has 1 heterocycles. The Morgan fingerprint density at radius 1 is 0.966 bits per heavy atom. The van der Waals surface area contributed by atoms with E-state index in [4.69, 9.17) is 4.74 Å². The molecule has 0 unspecified atom stereocenters. The van der Waals surface area contributed by atoms with Gasteiger partial charge in [0.15, 0.2) is 0 Å². The Kier molecular flexibility index (Phi) is 6.89. The molecule has 3 aromatic rings. The predicted molar refractivity (Wildman–Crippen MR) is 107 cm³/mol. The van der Waals surface area contributed by atoms with Gasteiger partial charge >= 0.3 is 0 Å². The average molecular weight is 393 g/mol. The molecular formula is C22H20FN3O3. The van der Waals surface area contributed by atoms with Crippen LogP contribution in [0, 0.1) is 5.82 Å². The van der Waals surface area contributed by atoms with Crippen molar-refractivity contribution < 1.29 is 18.7 Å². The van der Waals surface area contributed by atoms with Crippen molar-refractivity contribution >= 4 is 17.5 Å². The lowest BCUT2D eigenvalue weighted by Gasteiger charge is -2.10. The Hall–Kier alpha value is -3.74.